The minimum Gasteiger partial charge on any atom is -0.348 e. The van der Waals surface area contributed by atoms with Gasteiger partial charge >= 0.3 is 0 Å². The molecule has 0 saturated heterocycles. The average molecular weight is 353 g/mol. The molecule has 0 atom stereocenters. The van der Waals surface area contributed by atoms with E-state index >= 15 is 0 Å². The molecule has 2 aromatic rings. The number of carbonyl (C=O) groups is 1. The van der Waals surface area contributed by atoms with Gasteiger partial charge in [0.25, 0.3) is 11.6 Å². The molecule has 1 N–H and O–H groups in total. The standard InChI is InChI=1S/C14H10BrFN2O3/c15-12-6-3-10(7-13(12)18(20)21)14(19)17-8-9-1-4-11(16)5-2-9/h1-7H,8H2,(H,17,19). The van der Waals surface area contributed by atoms with E-state index in [1.165, 1.54) is 30.3 Å². The lowest BCUT2D eigenvalue weighted by molar-refractivity contribution is -0.385. The van der Waals surface area contributed by atoms with E-state index in [4.69, 9.17) is 0 Å². The third-order valence-electron chi connectivity index (χ3n) is 2.77. The van der Waals surface area contributed by atoms with Crippen molar-refractivity contribution in [3.8, 4) is 0 Å². The molecule has 0 aliphatic carbocycles. The Hall–Kier alpha value is -2.28. The number of carbonyl (C=O) groups excluding carboxylic acids is 1. The van der Waals surface area contributed by atoms with Crippen molar-refractivity contribution in [3.63, 3.8) is 0 Å². The van der Waals surface area contributed by atoms with Crippen LogP contribution < -0.4 is 5.32 Å². The molecular weight excluding hydrogens is 343 g/mol. The smallest absolute Gasteiger partial charge is 0.284 e. The van der Waals surface area contributed by atoms with Crippen LogP contribution in [0.2, 0.25) is 0 Å². The minimum absolute atomic E-state index is 0.176. The van der Waals surface area contributed by atoms with Crippen molar-refractivity contribution in [2.45, 2.75) is 6.54 Å². The van der Waals surface area contributed by atoms with E-state index in [-0.39, 0.29) is 23.6 Å². The van der Waals surface area contributed by atoms with E-state index in [0.717, 1.165) is 5.56 Å². The van der Waals surface area contributed by atoms with Gasteiger partial charge in [-0.15, -0.1) is 0 Å². The number of nitrogens with zero attached hydrogens (tertiary/aromatic N) is 1. The second kappa shape index (κ2) is 6.45. The number of hydrogen-bond donors (Lipinski definition) is 1. The van der Waals surface area contributed by atoms with Gasteiger partial charge in [-0.1, -0.05) is 12.1 Å². The fraction of sp³-hybridized carbons (Fsp3) is 0.0714. The summed E-state index contributed by atoms with van der Waals surface area (Å²) in [5.41, 5.74) is 0.743. The second-order valence-corrected chi connectivity index (χ2v) is 5.09. The van der Waals surface area contributed by atoms with Crippen LogP contribution in [-0.2, 0) is 6.54 Å². The summed E-state index contributed by atoms with van der Waals surface area (Å²) in [6.45, 7) is 0.211. The molecule has 0 radical (unpaired) electrons. The largest absolute Gasteiger partial charge is 0.348 e. The summed E-state index contributed by atoms with van der Waals surface area (Å²) >= 11 is 3.05. The average Bonchev–Trinajstić information content (AvgIpc) is 2.46. The van der Waals surface area contributed by atoms with Gasteiger partial charge in [0.05, 0.1) is 9.40 Å². The highest BCUT2D eigenvalue weighted by atomic mass is 79.9. The van der Waals surface area contributed by atoms with Crippen molar-refractivity contribution >= 4 is 27.5 Å². The van der Waals surface area contributed by atoms with E-state index in [1.54, 1.807) is 12.1 Å². The van der Waals surface area contributed by atoms with Crippen LogP contribution in [0.1, 0.15) is 15.9 Å². The molecule has 0 bridgehead atoms. The van der Waals surface area contributed by atoms with Gasteiger partial charge in [-0.2, -0.15) is 0 Å². The van der Waals surface area contributed by atoms with E-state index in [2.05, 4.69) is 21.2 Å². The van der Waals surface area contributed by atoms with Gasteiger partial charge in [0.2, 0.25) is 0 Å². The number of nitro benzene ring substituents is 1. The van der Waals surface area contributed by atoms with Crippen LogP contribution in [0.5, 0.6) is 0 Å². The van der Waals surface area contributed by atoms with Crippen LogP contribution >= 0.6 is 15.9 Å². The maximum atomic E-state index is 12.8. The molecule has 2 rings (SSSR count). The van der Waals surface area contributed by atoms with Crippen molar-refractivity contribution in [2.75, 3.05) is 0 Å². The molecule has 0 aliphatic heterocycles. The van der Waals surface area contributed by atoms with Gasteiger partial charge in [-0.3, -0.25) is 14.9 Å². The molecule has 0 unspecified atom stereocenters. The lowest BCUT2D eigenvalue weighted by atomic mass is 10.1. The van der Waals surface area contributed by atoms with Crippen molar-refractivity contribution in [1.29, 1.82) is 0 Å². The molecule has 5 nitrogen and oxygen atoms in total. The van der Waals surface area contributed by atoms with Crippen LogP contribution in [0.3, 0.4) is 0 Å². The Morgan fingerprint density at radius 2 is 1.90 bits per heavy atom. The molecule has 0 spiro atoms. The van der Waals surface area contributed by atoms with E-state index in [1.807, 2.05) is 0 Å². The third kappa shape index (κ3) is 3.85. The number of nitro groups is 1. The second-order valence-electron chi connectivity index (χ2n) is 4.23. The topological polar surface area (TPSA) is 72.2 Å². The predicted molar refractivity (Wildman–Crippen MR) is 78.4 cm³/mol. The number of hydrogen-bond acceptors (Lipinski definition) is 3. The Bertz CT molecular complexity index is 689. The molecule has 0 saturated carbocycles. The van der Waals surface area contributed by atoms with Crippen molar-refractivity contribution in [2.24, 2.45) is 0 Å². The van der Waals surface area contributed by atoms with Gasteiger partial charge in [-0.25, -0.2) is 4.39 Å². The normalized spacial score (nSPS) is 10.2. The third-order valence-corrected chi connectivity index (χ3v) is 3.44. The molecule has 7 heteroatoms. The van der Waals surface area contributed by atoms with Gasteiger partial charge in [0, 0.05) is 18.2 Å². The first-order chi connectivity index (χ1) is 9.97. The van der Waals surface area contributed by atoms with E-state index in [9.17, 15) is 19.3 Å². The van der Waals surface area contributed by atoms with Crippen molar-refractivity contribution in [1.82, 2.24) is 5.32 Å². The molecule has 2 aromatic carbocycles. The van der Waals surface area contributed by atoms with Gasteiger partial charge in [-0.05, 0) is 45.8 Å². The van der Waals surface area contributed by atoms with E-state index < -0.39 is 10.8 Å². The quantitative estimate of drug-likeness (QED) is 0.676. The van der Waals surface area contributed by atoms with Gasteiger partial charge in [0.15, 0.2) is 0 Å². The van der Waals surface area contributed by atoms with Crippen LogP contribution in [0.25, 0.3) is 0 Å². The molecule has 0 fully saturated rings. The Kier molecular flexibility index (Phi) is 4.64. The summed E-state index contributed by atoms with van der Waals surface area (Å²) in [4.78, 5) is 22.2. The molecular formula is C14H10BrFN2O3. The summed E-state index contributed by atoms with van der Waals surface area (Å²) in [5.74, 6) is -0.788. The minimum atomic E-state index is -0.569. The number of rotatable bonds is 4. The number of nitrogens with one attached hydrogen (secondary N) is 1. The van der Waals surface area contributed by atoms with Crippen molar-refractivity contribution < 1.29 is 14.1 Å². The number of benzene rings is 2. The number of halogens is 2. The Morgan fingerprint density at radius 3 is 2.52 bits per heavy atom. The highest BCUT2D eigenvalue weighted by Gasteiger charge is 2.15. The Balaban J connectivity index is 2.08. The number of amides is 1. The zero-order valence-corrected chi connectivity index (χ0v) is 12.3. The van der Waals surface area contributed by atoms with Crippen LogP contribution in [0.15, 0.2) is 46.9 Å². The highest BCUT2D eigenvalue weighted by molar-refractivity contribution is 9.10. The summed E-state index contributed by atoms with van der Waals surface area (Å²) in [6, 6.07) is 9.84. The molecule has 1 amide bonds. The molecule has 108 valence electrons. The highest BCUT2D eigenvalue weighted by Crippen LogP contribution is 2.25. The summed E-state index contributed by atoms with van der Waals surface area (Å²) in [5, 5.41) is 13.4. The molecule has 0 aromatic heterocycles. The zero-order valence-electron chi connectivity index (χ0n) is 10.7. The first-order valence-electron chi connectivity index (χ1n) is 5.94. The lowest BCUT2D eigenvalue weighted by Crippen LogP contribution is -2.22. The van der Waals surface area contributed by atoms with Crippen LogP contribution in [0, 0.1) is 15.9 Å². The van der Waals surface area contributed by atoms with Crippen LogP contribution in [-0.4, -0.2) is 10.8 Å². The lowest BCUT2D eigenvalue weighted by Gasteiger charge is -2.06. The molecule has 0 heterocycles. The SMILES string of the molecule is O=C(NCc1ccc(F)cc1)c1ccc(Br)c([N+](=O)[O-])c1. The maximum absolute atomic E-state index is 12.8. The first kappa shape index (κ1) is 15.1. The zero-order chi connectivity index (χ0) is 15.4. The summed E-state index contributed by atoms with van der Waals surface area (Å²) in [7, 11) is 0. The maximum Gasteiger partial charge on any atom is 0.284 e. The van der Waals surface area contributed by atoms with Crippen LogP contribution in [0.4, 0.5) is 10.1 Å². The summed E-state index contributed by atoms with van der Waals surface area (Å²) < 4.78 is 13.1. The monoisotopic (exact) mass is 352 g/mol. The molecule has 21 heavy (non-hydrogen) atoms. The Labute approximate surface area is 128 Å². The van der Waals surface area contributed by atoms with Gasteiger partial charge in [0.1, 0.15) is 5.82 Å². The fourth-order valence-corrected chi connectivity index (χ4v) is 2.07. The Morgan fingerprint density at radius 1 is 1.24 bits per heavy atom. The van der Waals surface area contributed by atoms with Crippen molar-refractivity contribution in [3.05, 3.63) is 74.0 Å². The van der Waals surface area contributed by atoms with Gasteiger partial charge < -0.3 is 5.32 Å². The van der Waals surface area contributed by atoms with E-state index in [0.29, 0.717) is 4.47 Å². The fourth-order valence-electron chi connectivity index (χ4n) is 1.68. The predicted octanol–water partition coefficient (Wildman–Crippen LogP) is 3.43. The first-order valence-corrected chi connectivity index (χ1v) is 6.73. The molecule has 0 aliphatic rings. The summed E-state index contributed by atoms with van der Waals surface area (Å²) in [6.07, 6.45) is 0.